The van der Waals surface area contributed by atoms with Gasteiger partial charge in [0.25, 0.3) is 11.7 Å². The predicted octanol–water partition coefficient (Wildman–Crippen LogP) is 3.78. The molecule has 0 bridgehead atoms. The highest BCUT2D eigenvalue weighted by Crippen LogP contribution is 2.40. The average Bonchev–Trinajstić information content (AvgIpc) is 3.09. The summed E-state index contributed by atoms with van der Waals surface area (Å²) < 4.78 is 5.18. The Balaban J connectivity index is 1.83. The lowest BCUT2D eigenvalue weighted by molar-refractivity contribution is -0.140. The molecule has 0 saturated carbocycles. The van der Waals surface area contributed by atoms with Crippen molar-refractivity contribution in [2.75, 3.05) is 26.1 Å². The molecule has 0 radical (unpaired) electrons. The maximum absolute atomic E-state index is 13.1. The third-order valence-corrected chi connectivity index (χ3v) is 5.73. The number of hydrogen-bond acceptors (Lipinski definition) is 6. The van der Waals surface area contributed by atoms with Gasteiger partial charge in [-0.05, 0) is 59.7 Å². The van der Waals surface area contributed by atoms with E-state index in [1.54, 1.807) is 55.9 Å². The Labute approximate surface area is 192 Å². The number of methoxy groups -OCH3 is 1. The number of aliphatic hydroxyl groups excluding tert-OH is 1. The number of aromatic nitrogens is 1. The van der Waals surface area contributed by atoms with E-state index in [0.29, 0.717) is 11.3 Å². The zero-order valence-electron chi connectivity index (χ0n) is 18.7. The van der Waals surface area contributed by atoms with Crippen molar-refractivity contribution in [3.05, 3.63) is 95.3 Å². The average molecular weight is 444 g/mol. The third kappa shape index (κ3) is 4.30. The third-order valence-electron chi connectivity index (χ3n) is 5.73. The molecular weight excluding hydrogens is 418 g/mol. The van der Waals surface area contributed by atoms with Crippen LogP contribution >= 0.6 is 0 Å². The number of likely N-dealkylation sites (tertiary alicyclic amines) is 1. The van der Waals surface area contributed by atoms with Crippen LogP contribution < -0.4 is 9.64 Å². The molecule has 7 heteroatoms. The molecule has 1 fully saturated rings. The number of Topliss-reactive ketones (excluding diaryl/α,β-unsaturated/α-hetero) is 1. The number of carbonyl (C=O) groups excluding carboxylic acids is 2. The summed E-state index contributed by atoms with van der Waals surface area (Å²) >= 11 is 0. The van der Waals surface area contributed by atoms with E-state index in [1.807, 2.05) is 43.3 Å². The van der Waals surface area contributed by atoms with Crippen molar-refractivity contribution in [3.8, 4) is 5.75 Å². The van der Waals surface area contributed by atoms with Gasteiger partial charge in [-0.15, -0.1) is 0 Å². The van der Waals surface area contributed by atoms with E-state index in [-0.39, 0.29) is 17.9 Å². The number of ether oxygens (including phenoxy) is 1. The Morgan fingerprint density at radius 3 is 2.21 bits per heavy atom. The number of nitrogens with zero attached hydrogens (tertiary/aromatic N) is 3. The van der Waals surface area contributed by atoms with Gasteiger partial charge in [0, 0.05) is 44.3 Å². The Hall–Kier alpha value is -4.13. The fourth-order valence-corrected chi connectivity index (χ4v) is 3.93. The van der Waals surface area contributed by atoms with Crippen molar-refractivity contribution in [1.82, 2.24) is 9.88 Å². The molecule has 33 heavy (non-hydrogen) atoms. The van der Waals surface area contributed by atoms with Crippen LogP contribution in [0.2, 0.25) is 0 Å². The summed E-state index contributed by atoms with van der Waals surface area (Å²) in [6.07, 6.45) is 3.29. The van der Waals surface area contributed by atoms with Gasteiger partial charge in [-0.2, -0.15) is 0 Å². The summed E-state index contributed by atoms with van der Waals surface area (Å²) in [7, 11) is 5.43. The van der Waals surface area contributed by atoms with E-state index in [0.717, 1.165) is 16.8 Å². The van der Waals surface area contributed by atoms with Gasteiger partial charge in [0.05, 0.1) is 18.7 Å². The summed E-state index contributed by atoms with van der Waals surface area (Å²) in [4.78, 5) is 33.7. The summed E-state index contributed by atoms with van der Waals surface area (Å²) in [5.41, 5.74) is 3.07. The maximum atomic E-state index is 13.1. The highest BCUT2D eigenvalue weighted by atomic mass is 16.5. The van der Waals surface area contributed by atoms with Gasteiger partial charge in [-0.25, -0.2) is 0 Å². The van der Waals surface area contributed by atoms with Crippen LogP contribution in [0.4, 0.5) is 5.69 Å². The van der Waals surface area contributed by atoms with Crippen molar-refractivity contribution >= 4 is 23.1 Å². The van der Waals surface area contributed by atoms with Crippen LogP contribution in [-0.4, -0.2) is 47.9 Å². The highest BCUT2D eigenvalue weighted by molar-refractivity contribution is 6.46. The molecule has 0 aliphatic carbocycles. The summed E-state index contributed by atoms with van der Waals surface area (Å²) in [6.45, 7) is 0.215. The first-order valence-corrected chi connectivity index (χ1v) is 10.5. The lowest BCUT2D eigenvalue weighted by Crippen LogP contribution is -2.29. The number of benzene rings is 2. The van der Waals surface area contributed by atoms with Crippen LogP contribution in [0.3, 0.4) is 0 Å². The molecule has 1 N–H and O–H groups in total. The number of aliphatic hydroxyl groups is 1. The molecule has 1 aromatic heterocycles. The number of ketones is 1. The minimum absolute atomic E-state index is 0.0665. The Morgan fingerprint density at radius 2 is 1.64 bits per heavy atom. The number of rotatable bonds is 6. The van der Waals surface area contributed by atoms with Crippen molar-refractivity contribution in [2.24, 2.45) is 0 Å². The molecule has 4 rings (SSSR count). The van der Waals surface area contributed by atoms with Crippen molar-refractivity contribution in [1.29, 1.82) is 0 Å². The van der Waals surface area contributed by atoms with Crippen LogP contribution in [0.1, 0.15) is 22.7 Å². The molecule has 1 saturated heterocycles. The minimum atomic E-state index is -0.725. The van der Waals surface area contributed by atoms with Crippen LogP contribution in [0.25, 0.3) is 5.76 Å². The Morgan fingerprint density at radius 1 is 1.00 bits per heavy atom. The predicted molar refractivity (Wildman–Crippen MR) is 126 cm³/mol. The number of anilines is 1. The number of carbonyl (C=O) groups is 2. The molecule has 2 heterocycles. The van der Waals surface area contributed by atoms with Gasteiger partial charge < -0.3 is 19.6 Å². The van der Waals surface area contributed by atoms with Gasteiger partial charge in [0.1, 0.15) is 11.5 Å². The quantitative estimate of drug-likeness (QED) is 0.355. The van der Waals surface area contributed by atoms with Crippen LogP contribution in [0.5, 0.6) is 5.75 Å². The van der Waals surface area contributed by atoms with Crippen molar-refractivity contribution in [2.45, 2.75) is 12.6 Å². The van der Waals surface area contributed by atoms with Crippen LogP contribution in [0, 0.1) is 0 Å². The summed E-state index contributed by atoms with van der Waals surface area (Å²) in [5.74, 6) is -0.946. The monoisotopic (exact) mass is 443 g/mol. The molecular formula is C26H25N3O4. The molecule has 1 amide bonds. The molecule has 1 aliphatic rings. The summed E-state index contributed by atoms with van der Waals surface area (Å²) in [5, 5.41) is 11.2. The second-order valence-electron chi connectivity index (χ2n) is 8.00. The van der Waals surface area contributed by atoms with E-state index in [9.17, 15) is 14.7 Å². The molecule has 1 unspecified atom stereocenters. The van der Waals surface area contributed by atoms with Gasteiger partial charge in [-0.3, -0.25) is 14.6 Å². The van der Waals surface area contributed by atoms with Crippen molar-refractivity contribution < 1.29 is 19.4 Å². The normalized spacial score (nSPS) is 17.3. The second kappa shape index (κ2) is 9.16. The minimum Gasteiger partial charge on any atom is -0.507 e. The van der Waals surface area contributed by atoms with E-state index in [1.165, 1.54) is 4.90 Å². The number of amides is 1. The fourth-order valence-electron chi connectivity index (χ4n) is 3.93. The maximum Gasteiger partial charge on any atom is 0.295 e. The first-order chi connectivity index (χ1) is 15.9. The van der Waals surface area contributed by atoms with E-state index in [4.69, 9.17) is 4.74 Å². The molecule has 168 valence electrons. The molecule has 7 nitrogen and oxygen atoms in total. The molecule has 1 aliphatic heterocycles. The summed E-state index contributed by atoms with van der Waals surface area (Å²) in [6, 6.07) is 17.2. The topological polar surface area (TPSA) is 83.0 Å². The Kier molecular flexibility index (Phi) is 6.13. The zero-order valence-corrected chi connectivity index (χ0v) is 18.7. The van der Waals surface area contributed by atoms with E-state index in [2.05, 4.69) is 4.98 Å². The molecule has 0 spiro atoms. The second-order valence-corrected chi connectivity index (χ2v) is 8.00. The fraction of sp³-hybridized carbons (Fsp3) is 0.192. The highest BCUT2D eigenvalue weighted by Gasteiger charge is 2.46. The standard InChI is InChI=1S/C26H25N3O4/c1-28(2)20-8-4-18(5-9-20)23-22(24(30)19-6-10-21(33-3)11-7-19)25(31)26(32)29(23)16-17-12-14-27-15-13-17/h4-15,23,30H,16H2,1-3H3. The lowest BCUT2D eigenvalue weighted by Gasteiger charge is -2.26. The number of hydrogen-bond donors (Lipinski definition) is 1. The van der Waals surface area contributed by atoms with Crippen LogP contribution in [-0.2, 0) is 16.1 Å². The van der Waals surface area contributed by atoms with E-state index < -0.39 is 17.7 Å². The van der Waals surface area contributed by atoms with E-state index >= 15 is 0 Å². The SMILES string of the molecule is COc1ccc(C(O)=C2C(=O)C(=O)N(Cc3ccncc3)C2c2ccc(N(C)C)cc2)cc1. The zero-order chi connectivity index (χ0) is 23.5. The first-order valence-electron chi connectivity index (χ1n) is 10.5. The largest absolute Gasteiger partial charge is 0.507 e. The lowest BCUT2D eigenvalue weighted by atomic mass is 9.95. The molecule has 3 aromatic rings. The Bertz CT molecular complexity index is 1190. The van der Waals surface area contributed by atoms with Gasteiger partial charge in [0.15, 0.2) is 0 Å². The smallest absolute Gasteiger partial charge is 0.295 e. The molecule has 1 atom stereocenters. The first kappa shape index (κ1) is 22.1. The van der Waals surface area contributed by atoms with Gasteiger partial charge >= 0.3 is 0 Å². The van der Waals surface area contributed by atoms with Gasteiger partial charge in [-0.1, -0.05) is 12.1 Å². The van der Waals surface area contributed by atoms with Crippen molar-refractivity contribution in [3.63, 3.8) is 0 Å². The molecule has 2 aromatic carbocycles. The van der Waals surface area contributed by atoms with Crippen LogP contribution in [0.15, 0.2) is 78.6 Å². The van der Waals surface area contributed by atoms with Gasteiger partial charge in [0.2, 0.25) is 0 Å². The number of pyridine rings is 1.